The van der Waals surface area contributed by atoms with Gasteiger partial charge in [0.2, 0.25) is 5.91 Å². The van der Waals surface area contributed by atoms with Gasteiger partial charge in [-0.25, -0.2) is 0 Å². The molecule has 0 fully saturated rings. The van der Waals surface area contributed by atoms with E-state index in [4.69, 9.17) is 16.3 Å². The highest BCUT2D eigenvalue weighted by Gasteiger charge is 2.10. The van der Waals surface area contributed by atoms with E-state index in [-0.39, 0.29) is 31.0 Å². The number of nitro benzene ring substituents is 1. The molecule has 1 N–H and O–H groups in total. The van der Waals surface area contributed by atoms with Crippen LogP contribution in [0.3, 0.4) is 0 Å². The maximum atomic E-state index is 11.9. The maximum Gasteiger partial charge on any atom is 0.306 e. The largest absolute Gasteiger partial charge is 0.461 e. The molecule has 0 unspecified atom stereocenters. The van der Waals surface area contributed by atoms with Crippen molar-refractivity contribution < 1.29 is 19.2 Å². The standard InChI is InChI=1S/C18H17ClN2O5/c1-12-2-5-14(10-16(12)19)20-17(22)8-9-18(23)26-11-13-3-6-15(7-4-13)21(24)25/h2-7,10H,8-9,11H2,1H3,(H,20,22). The van der Waals surface area contributed by atoms with Crippen molar-refractivity contribution in [3.8, 4) is 0 Å². The number of aryl methyl sites for hydroxylation is 1. The smallest absolute Gasteiger partial charge is 0.306 e. The van der Waals surface area contributed by atoms with Crippen LogP contribution in [0.1, 0.15) is 24.0 Å². The first-order chi connectivity index (χ1) is 12.3. The van der Waals surface area contributed by atoms with Gasteiger partial charge >= 0.3 is 5.97 Å². The number of nitrogens with zero attached hydrogens (tertiary/aromatic N) is 1. The molecule has 0 radical (unpaired) electrons. The average Bonchev–Trinajstić information content (AvgIpc) is 2.61. The van der Waals surface area contributed by atoms with Crippen LogP contribution in [0.5, 0.6) is 0 Å². The van der Waals surface area contributed by atoms with E-state index in [0.29, 0.717) is 16.3 Å². The van der Waals surface area contributed by atoms with Crippen molar-refractivity contribution in [2.75, 3.05) is 5.32 Å². The summed E-state index contributed by atoms with van der Waals surface area (Å²) in [5.74, 6) is -0.849. The number of halogens is 1. The summed E-state index contributed by atoms with van der Waals surface area (Å²) < 4.78 is 5.05. The van der Waals surface area contributed by atoms with Crippen LogP contribution < -0.4 is 5.32 Å². The number of carbonyl (C=O) groups is 2. The molecule has 136 valence electrons. The second kappa shape index (κ2) is 8.96. The fraction of sp³-hybridized carbons (Fsp3) is 0.222. The van der Waals surface area contributed by atoms with Gasteiger partial charge in [-0.3, -0.25) is 19.7 Å². The highest BCUT2D eigenvalue weighted by molar-refractivity contribution is 6.31. The van der Waals surface area contributed by atoms with E-state index in [1.165, 1.54) is 24.3 Å². The summed E-state index contributed by atoms with van der Waals surface area (Å²) in [6.07, 6.45) is -0.0942. The Morgan fingerprint density at radius 3 is 2.46 bits per heavy atom. The second-order valence-electron chi connectivity index (χ2n) is 5.60. The number of nitrogens with one attached hydrogen (secondary N) is 1. The number of amides is 1. The lowest BCUT2D eigenvalue weighted by Gasteiger charge is -2.07. The van der Waals surface area contributed by atoms with Crippen molar-refractivity contribution in [3.05, 3.63) is 68.7 Å². The van der Waals surface area contributed by atoms with Crippen molar-refractivity contribution in [2.24, 2.45) is 0 Å². The van der Waals surface area contributed by atoms with E-state index < -0.39 is 10.9 Å². The predicted octanol–water partition coefficient (Wildman–Crippen LogP) is 4.02. The molecule has 1 amide bonds. The molecule has 0 saturated heterocycles. The van der Waals surface area contributed by atoms with Crippen LogP contribution in [0.25, 0.3) is 0 Å². The van der Waals surface area contributed by atoms with E-state index in [9.17, 15) is 19.7 Å². The number of ether oxygens (including phenoxy) is 1. The predicted molar refractivity (Wildman–Crippen MR) is 96.9 cm³/mol. The molecule has 8 heteroatoms. The van der Waals surface area contributed by atoms with Gasteiger partial charge in [-0.05, 0) is 42.3 Å². The van der Waals surface area contributed by atoms with Crippen molar-refractivity contribution in [1.82, 2.24) is 0 Å². The molecule has 2 aromatic carbocycles. The van der Waals surface area contributed by atoms with Crippen LogP contribution in [-0.2, 0) is 20.9 Å². The molecule has 0 aliphatic carbocycles. The Hall–Kier alpha value is -2.93. The van der Waals surface area contributed by atoms with Crippen molar-refractivity contribution in [3.63, 3.8) is 0 Å². The van der Waals surface area contributed by atoms with Gasteiger partial charge in [-0.15, -0.1) is 0 Å². The zero-order valence-electron chi connectivity index (χ0n) is 14.0. The SMILES string of the molecule is Cc1ccc(NC(=O)CCC(=O)OCc2ccc([N+](=O)[O-])cc2)cc1Cl. The van der Waals surface area contributed by atoms with Crippen LogP contribution in [0.15, 0.2) is 42.5 Å². The normalized spacial score (nSPS) is 10.2. The summed E-state index contributed by atoms with van der Waals surface area (Å²) in [6, 6.07) is 10.9. The van der Waals surface area contributed by atoms with E-state index >= 15 is 0 Å². The number of hydrogen-bond donors (Lipinski definition) is 1. The van der Waals surface area contributed by atoms with Gasteiger partial charge in [0.25, 0.3) is 5.69 Å². The minimum absolute atomic E-state index is 0.00792. The zero-order chi connectivity index (χ0) is 19.1. The summed E-state index contributed by atoms with van der Waals surface area (Å²) in [4.78, 5) is 33.6. The van der Waals surface area contributed by atoms with Gasteiger partial charge in [-0.1, -0.05) is 17.7 Å². The number of benzene rings is 2. The number of anilines is 1. The zero-order valence-corrected chi connectivity index (χ0v) is 14.8. The van der Waals surface area contributed by atoms with Crippen LogP contribution in [0.2, 0.25) is 5.02 Å². The van der Waals surface area contributed by atoms with Crippen LogP contribution >= 0.6 is 11.6 Å². The third-order valence-corrected chi connectivity index (χ3v) is 3.97. The summed E-state index contributed by atoms with van der Waals surface area (Å²) >= 11 is 5.99. The van der Waals surface area contributed by atoms with Crippen LogP contribution in [0, 0.1) is 17.0 Å². The van der Waals surface area contributed by atoms with Gasteiger partial charge in [0, 0.05) is 29.3 Å². The number of esters is 1. The molecule has 0 aromatic heterocycles. The Morgan fingerprint density at radius 1 is 1.15 bits per heavy atom. The molecule has 26 heavy (non-hydrogen) atoms. The molecule has 0 saturated carbocycles. The van der Waals surface area contributed by atoms with E-state index in [2.05, 4.69) is 5.32 Å². The monoisotopic (exact) mass is 376 g/mol. The first kappa shape index (κ1) is 19.4. The number of non-ortho nitro benzene ring substituents is 1. The number of nitro groups is 1. The van der Waals surface area contributed by atoms with Gasteiger partial charge in [0.15, 0.2) is 0 Å². The minimum atomic E-state index is -0.527. The van der Waals surface area contributed by atoms with E-state index in [1.54, 1.807) is 18.2 Å². The number of rotatable bonds is 7. The minimum Gasteiger partial charge on any atom is -0.461 e. The lowest BCUT2D eigenvalue weighted by molar-refractivity contribution is -0.384. The van der Waals surface area contributed by atoms with Crippen LogP contribution in [0.4, 0.5) is 11.4 Å². The lowest BCUT2D eigenvalue weighted by Crippen LogP contribution is -2.14. The fourth-order valence-electron chi connectivity index (χ4n) is 2.06. The highest BCUT2D eigenvalue weighted by Crippen LogP contribution is 2.20. The summed E-state index contributed by atoms with van der Waals surface area (Å²) in [5.41, 5.74) is 2.06. The Balaban J connectivity index is 1.74. The Kier molecular flexibility index (Phi) is 6.68. The topological polar surface area (TPSA) is 98.5 Å². The number of carbonyl (C=O) groups excluding carboxylic acids is 2. The Labute approximate surface area is 155 Å². The van der Waals surface area contributed by atoms with Crippen LogP contribution in [-0.4, -0.2) is 16.8 Å². The summed E-state index contributed by atoms with van der Waals surface area (Å²) in [7, 11) is 0. The third-order valence-electron chi connectivity index (χ3n) is 3.56. The molecule has 0 heterocycles. The molecule has 0 spiro atoms. The van der Waals surface area contributed by atoms with Crippen molar-refractivity contribution >= 4 is 34.9 Å². The lowest BCUT2D eigenvalue weighted by atomic mass is 10.2. The Bertz CT molecular complexity index is 821. The highest BCUT2D eigenvalue weighted by atomic mass is 35.5. The molecule has 2 rings (SSSR count). The van der Waals surface area contributed by atoms with Crippen molar-refractivity contribution in [1.29, 1.82) is 0 Å². The summed E-state index contributed by atoms with van der Waals surface area (Å²) in [6.45, 7) is 1.85. The molecular weight excluding hydrogens is 360 g/mol. The average molecular weight is 377 g/mol. The molecule has 0 aliphatic rings. The van der Waals surface area contributed by atoms with Gasteiger partial charge in [0.1, 0.15) is 6.61 Å². The van der Waals surface area contributed by atoms with Gasteiger partial charge in [-0.2, -0.15) is 0 Å². The molecule has 2 aromatic rings. The van der Waals surface area contributed by atoms with E-state index in [1.807, 2.05) is 6.92 Å². The first-order valence-corrected chi connectivity index (χ1v) is 8.18. The molecule has 0 atom stereocenters. The maximum absolute atomic E-state index is 11.9. The molecule has 0 aliphatic heterocycles. The van der Waals surface area contributed by atoms with Gasteiger partial charge < -0.3 is 10.1 Å². The van der Waals surface area contributed by atoms with Gasteiger partial charge in [0.05, 0.1) is 11.3 Å². The second-order valence-corrected chi connectivity index (χ2v) is 6.00. The van der Waals surface area contributed by atoms with Crippen molar-refractivity contribution in [2.45, 2.75) is 26.4 Å². The fourth-order valence-corrected chi connectivity index (χ4v) is 2.24. The molecular formula is C18H17ClN2O5. The first-order valence-electron chi connectivity index (χ1n) is 7.80. The quantitative estimate of drug-likeness (QED) is 0.447. The third kappa shape index (κ3) is 5.86. The number of hydrogen-bond acceptors (Lipinski definition) is 5. The Morgan fingerprint density at radius 2 is 1.85 bits per heavy atom. The van der Waals surface area contributed by atoms with E-state index in [0.717, 1.165) is 5.56 Å². The molecule has 0 bridgehead atoms. The summed E-state index contributed by atoms with van der Waals surface area (Å²) in [5, 5.41) is 13.8. The molecule has 7 nitrogen and oxygen atoms in total.